The summed E-state index contributed by atoms with van der Waals surface area (Å²) in [6.07, 6.45) is 1.11. The van der Waals surface area contributed by atoms with Gasteiger partial charge < -0.3 is 10.6 Å². The summed E-state index contributed by atoms with van der Waals surface area (Å²) >= 11 is 6.11. The van der Waals surface area contributed by atoms with E-state index in [0.29, 0.717) is 5.92 Å². The highest BCUT2D eigenvalue weighted by Gasteiger charge is 2.18. The van der Waals surface area contributed by atoms with E-state index in [1.54, 1.807) is 0 Å². The van der Waals surface area contributed by atoms with Crippen molar-refractivity contribution in [1.29, 1.82) is 0 Å². The minimum atomic E-state index is -3.39. The van der Waals surface area contributed by atoms with Crippen molar-refractivity contribution in [2.45, 2.75) is 44.6 Å². The second-order valence-corrected chi connectivity index (χ2v) is 10.3. The average Bonchev–Trinajstić information content (AvgIpc) is 2.63. The summed E-state index contributed by atoms with van der Waals surface area (Å²) in [4.78, 5) is 12.6. The molecule has 5 nitrogen and oxygen atoms in total. The molecule has 0 saturated carbocycles. The lowest BCUT2D eigenvalue weighted by molar-refractivity contribution is -0.115. The number of nitrogens with one attached hydrogen (secondary N) is 2. The van der Waals surface area contributed by atoms with E-state index in [0.717, 1.165) is 11.8 Å². The fourth-order valence-corrected chi connectivity index (χ4v) is 3.87. The van der Waals surface area contributed by atoms with Gasteiger partial charge in [-0.1, -0.05) is 63.6 Å². The predicted molar refractivity (Wildman–Crippen MR) is 119 cm³/mol. The first kappa shape index (κ1) is 23.4. The molecule has 0 aliphatic carbocycles. The molecule has 0 unspecified atom stereocenters. The summed E-state index contributed by atoms with van der Waals surface area (Å²) in [5.74, 6) is 0.458. The minimum absolute atomic E-state index is 0.0137. The van der Waals surface area contributed by atoms with Crippen LogP contribution in [0.25, 0.3) is 0 Å². The Labute approximate surface area is 178 Å². The van der Waals surface area contributed by atoms with Gasteiger partial charge in [0.2, 0.25) is 5.91 Å². The van der Waals surface area contributed by atoms with Crippen LogP contribution in [0.2, 0.25) is 5.02 Å². The summed E-state index contributed by atoms with van der Waals surface area (Å²) in [5, 5.41) is 6.28. The van der Waals surface area contributed by atoms with Crippen molar-refractivity contribution in [2.24, 2.45) is 5.92 Å². The van der Waals surface area contributed by atoms with Crippen LogP contribution in [-0.4, -0.2) is 27.1 Å². The fraction of sp³-hybridized carbons (Fsp3) is 0.409. The standard InChI is InChI=1S/C22H29ClN2O3S/c1-14(2)16-6-8-17(9-7-16)22(15(3)4)24-13-21(26)25-20-12-18(29(5,27)28)10-11-19(20)23/h6-12,14-15,22,24H,13H2,1-5H3,(H,25,26)/t22-/m0/s1. The molecule has 1 atom stereocenters. The first-order chi connectivity index (χ1) is 13.5. The van der Waals surface area contributed by atoms with Crippen LogP contribution in [0.3, 0.4) is 0 Å². The molecule has 0 aliphatic rings. The number of hydrogen-bond acceptors (Lipinski definition) is 4. The van der Waals surface area contributed by atoms with Crippen molar-refractivity contribution in [3.63, 3.8) is 0 Å². The molecule has 29 heavy (non-hydrogen) atoms. The molecule has 0 bridgehead atoms. The molecular formula is C22H29ClN2O3S. The van der Waals surface area contributed by atoms with Crippen LogP contribution in [0.15, 0.2) is 47.4 Å². The Morgan fingerprint density at radius 1 is 1.00 bits per heavy atom. The van der Waals surface area contributed by atoms with E-state index in [2.05, 4.69) is 62.6 Å². The van der Waals surface area contributed by atoms with Gasteiger partial charge in [0.25, 0.3) is 0 Å². The minimum Gasteiger partial charge on any atom is -0.324 e. The Hall–Kier alpha value is -1.89. The SMILES string of the molecule is CC(C)c1ccc([C@@H](NCC(=O)Nc2cc(S(C)(=O)=O)ccc2Cl)C(C)C)cc1. The Kier molecular flexibility index (Phi) is 7.86. The van der Waals surface area contributed by atoms with E-state index in [1.165, 1.54) is 23.8 Å². The Morgan fingerprint density at radius 2 is 1.59 bits per heavy atom. The van der Waals surface area contributed by atoms with E-state index in [9.17, 15) is 13.2 Å². The molecule has 2 N–H and O–H groups in total. The Morgan fingerprint density at radius 3 is 2.10 bits per heavy atom. The smallest absolute Gasteiger partial charge is 0.238 e. The molecule has 2 rings (SSSR count). The average molecular weight is 437 g/mol. The maximum Gasteiger partial charge on any atom is 0.238 e. The summed E-state index contributed by atoms with van der Waals surface area (Å²) in [7, 11) is -3.39. The van der Waals surface area contributed by atoms with Gasteiger partial charge in [-0.3, -0.25) is 4.79 Å². The number of sulfone groups is 1. The lowest BCUT2D eigenvalue weighted by Crippen LogP contribution is -2.33. The van der Waals surface area contributed by atoms with Gasteiger partial charge in [-0.05, 0) is 41.2 Å². The number of halogens is 1. The molecule has 0 radical (unpaired) electrons. The zero-order valence-corrected chi connectivity index (χ0v) is 19.1. The van der Waals surface area contributed by atoms with Crippen molar-refractivity contribution < 1.29 is 13.2 Å². The third kappa shape index (κ3) is 6.56. The van der Waals surface area contributed by atoms with Crippen LogP contribution < -0.4 is 10.6 Å². The number of rotatable bonds is 8. The number of carbonyl (C=O) groups is 1. The van der Waals surface area contributed by atoms with E-state index >= 15 is 0 Å². The first-order valence-electron chi connectivity index (χ1n) is 9.61. The summed E-state index contributed by atoms with van der Waals surface area (Å²) in [6, 6.07) is 12.7. The molecule has 7 heteroatoms. The number of anilines is 1. The first-order valence-corrected chi connectivity index (χ1v) is 11.9. The zero-order chi connectivity index (χ0) is 21.8. The van der Waals surface area contributed by atoms with Gasteiger partial charge in [0.15, 0.2) is 9.84 Å². The molecule has 0 aromatic heterocycles. The molecule has 0 aliphatic heterocycles. The lowest BCUT2D eigenvalue weighted by Gasteiger charge is -2.23. The van der Waals surface area contributed by atoms with Crippen molar-refractivity contribution in [1.82, 2.24) is 5.32 Å². The van der Waals surface area contributed by atoms with Crippen LogP contribution in [0.1, 0.15) is 50.8 Å². The van der Waals surface area contributed by atoms with Gasteiger partial charge in [-0.2, -0.15) is 0 Å². The van der Waals surface area contributed by atoms with Gasteiger partial charge in [0.1, 0.15) is 0 Å². The Balaban J connectivity index is 2.08. The molecule has 0 saturated heterocycles. The molecule has 158 valence electrons. The third-order valence-electron chi connectivity index (χ3n) is 4.75. The number of carbonyl (C=O) groups excluding carboxylic acids is 1. The molecular weight excluding hydrogens is 408 g/mol. The second kappa shape index (κ2) is 9.74. The quantitative estimate of drug-likeness (QED) is 0.623. The predicted octanol–water partition coefficient (Wildman–Crippen LogP) is 4.79. The lowest BCUT2D eigenvalue weighted by atomic mass is 9.93. The third-order valence-corrected chi connectivity index (χ3v) is 6.19. The highest BCUT2D eigenvalue weighted by Crippen LogP contribution is 2.26. The van der Waals surface area contributed by atoms with Gasteiger partial charge in [-0.25, -0.2) is 8.42 Å². The van der Waals surface area contributed by atoms with Gasteiger partial charge in [-0.15, -0.1) is 0 Å². The molecule has 2 aromatic carbocycles. The van der Waals surface area contributed by atoms with Crippen LogP contribution in [0.5, 0.6) is 0 Å². The maximum atomic E-state index is 12.4. The van der Waals surface area contributed by atoms with Gasteiger partial charge in [0.05, 0.1) is 22.2 Å². The maximum absolute atomic E-state index is 12.4. The van der Waals surface area contributed by atoms with Crippen LogP contribution in [0, 0.1) is 5.92 Å². The van der Waals surface area contributed by atoms with Crippen molar-refractivity contribution >= 4 is 33.0 Å². The topological polar surface area (TPSA) is 75.3 Å². The van der Waals surface area contributed by atoms with Gasteiger partial charge in [0, 0.05) is 12.3 Å². The fourth-order valence-electron chi connectivity index (χ4n) is 3.05. The molecule has 0 heterocycles. The Bertz CT molecular complexity index is 955. The second-order valence-electron chi connectivity index (χ2n) is 7.89. The van der Waals surface area contributed by atoms with Crippen molar-refractivity contribution in [2.75, 3.05) is 18.1 Å². The van der Waals surface area contributed by atoms with Crippen molar-refractivity contribution in [3.05, 3.63) is 58.6 Å². The highest BCUT2D eigenvalue weighted by atomic mass is 35.5. The van der Waals surface area contributed by atoms with Crippen LogP contribution in [-0.2, 0) is 14.6 Å². The molecule has 0 spiro atoms. The number of benzene rings is 2. The van der Waals surface area contributed by atoms with Crippen LogP contribution in [0.4, 0.5) is 5.69 Å². The van der Waals surface area contributed by atoms with E-state index in [-0.39, 0.29) is 40.0 Å². The summed E-state index contributed by atoms with van der Waals surface area (Å²) in [5.41, 5.74) is 2.67. The van der Waals surface area contributed by atoms with Gasteiger partial charge >= 0.3 is 0 Å². The number of hydrogen-bond donors (Lipinski definition) is 2. The highest BCUT2D eigenvalue weighted by molar-refractivity contribution is 7.90. The van der Waals surface area contributed by atoms with Crippen LogP contribution >= 0.6 is 11.6 Å². The largest absolute Gasteiger partial charge is 0.324 e. The molecule has 2 aromatic rings. The normalized spacial score (nSPS) is 13.0. The summed E-state index contributed by atoms with van der Waals surface area (Å²) in [6.45, 7) is 8.58. The summed E-state index contributed by atoms with van der Waals surface area (Å²) < 4.78 is 23.5. The van der Waals surface area contributed by atoms with E-state index in [4.69, 9.17) is 11.6 Å². The molecule has 1 amide bonds. The zero-order valence-electron chi connectivity index (χ0n) is 17.5. The van der Waals surface area contributed by atoms with Crippen molar-refractivity contribution in [3.8, 4) is 0 Å². The number of amides is 1. The monoisotopic (exact) mass is 436 g/mol. The van der Waals surface area contributed by atoms with E-state index in [1.807, 2.05) is 0 Å². The molecule has 0 fully saturated rings. The van der Waals surface area contributed by atoms with E-state index < -0.39 is 9.84 Å².